The Morgan fingerprint density at radius 3 is 1.94 bits per heavy atom. The standard InChI is InChI=1S/C28H30Cl2N2O2/c1-20(2)18-31-28(34)26(16-21-10-5-3-6-11-21)32(19-23-24(29)14-9-15-25(23)30)27(33)17-22-12-7-4-8-13-22/h3-15,20,26H,16-19H2,1-2H3,(H,31,34)/t26-/m0/s1. The van der Waals surface area contributed by atoms with Crippen molar-refractivity contribution < 1.29 is 9.59 Å². The summed E-state index contributed by atoms with van der Waals surface area (Å²) in [5.41, 5.74) is 2.47. The van der Waals surface area contributed by atoms with Crippen LogP contribution >= 0.6 is 23.2 Å². The smallest absolute Gasteiger partial charge is 0.243 e. The topological polar surface area (TPSA) is 49.4 Å². The molecule has 3 aromatic carbocycles. The molecule has 0 fully saturated rings. The van der Waals surface area contributed by atoms with Crippen LogP contribution in [0.15, 0.2) is 78.9 Å². The summed E-state index contributed by atoms with van der Waals surface area (Å²) in [5, 5.41) is 3.95. The number of amides is 2. The Morgan fingerprint density at radius 2 is 1.38 bits per heavy atom. The first-order valence-electron chi connectivity index (χ1n) is 11.4. The molecule has 0 unspecified atom stereocenters. The van der Waals surface area contributed by atoms with Gasteiger partial charge in [0.15, 0.2) is 0 Å². The summed E-state index contributed by atoms with van der Waals surface area (Å²) in [4.78, 5) is 28.7. The molecule has 3 rings (SSSR count). The van der Waals surface area contributed by atoms with Crippen molar-refractivity contribution in [2.24, 2.45) is 5.92 Å². The van der Waals surface area contributed by atoms with Crippen molar-refractivity contribution >= 4 is 35.0 Å². The van der Waals surface area contributed by atoms with Gasteiger partial charge in [0.25, 0.3) is 0 Å². The van der Waals surface area contributed by atoms with Gasteiger partial charge in [-0.25, -0.2) is 0 Å². The van der Waals surface area contributed by atoms with Gasteiger partial charge in [0.1, 0.15) is 6.04 Å². The van der Waals surface area contributed by atoms with Crippen molar-refractivity contribution in [1.29, 1.82) is 0 Å². The first-order chi connectivity index (χ1) is 16.3. The van der Waals surface area contributed by atoms with Crippen molar-refractivity contribution in [2.75, 3.05) is 6.54 Å². The molecule has 0 heterocycles. The number of nitrogens with zero attached hydrogens (tertiary/aromatic N) is 1. The Balaban J connectivity index is 1.99. The summed E-state index contributed by atoms with van der Waals surface area (Å²) in [6, 6.07) is 23.8. The van der Waals surface area contributed by atoms with Crippen LogP contribution in [0.5, 0.6) is 0 Å². The Kier molecular flexibility index (Phi) is 9.55. The van der Waals surface area contributed by atoms with Gasteiger partial charge in [0.05, 0.1) is 6.42 Å². The largest absolute Gasteiger partial charge is 0.354 e. The van der Waals surface area contributed by atoms with Crippen molar-refractivity contribution in [3.05, 3.63) is 106 Å². The number of rotatable bonds is 10. The molecule has 1 N–H and O–H groups in total. The normalized spacial score (nSPS) is 11.8. The van der Waals surface area contributed by atoms with E-state index in [1.165, 1.54) is 0 Å². The molecule has 0 saturated carbocycles. The summed E-state index contributed by atoms with van der Waals surface area (Å²) in [6.45, 7) is 4.73. The van der Waals surface area contributed by atoms with Crippen LogP contribution in [0.4, 0.5) is 0 Å². The van der Waals surface area contributed by atoms with Gasteiger partial charge in [-0.1, -0.05) is 104 Å². The maximum Gasteiger partial charge on any atom is 0.243 e. The SMILES string of the molecule is CC(C)CNC(=O)[C@H](Cc1ccccc1)N(Cc1c(Cl)cccc1Cl)C(=O)Cc1ccccc1. The minimum atomic E-state index is -0.718. The fourth-order valence-electron chi connectivity index (χ4n) is 3.70. The van der Waals surface area contributed by atoms with Gasteiger partial charge in [0.2, 0.25) is 11.8 Å². The van der Waals surface area contributed by atoms with Crippen LogP contribution in [-0.2, 0) is 29.0 Å². The minimum Gasteiger partial charge on any atom is -0.354 e. The summed E-state index contributed by atoms with van der Waals surface area (Å²) < 4.78 is 0. The Bertz CT molecular complexity index is 1070. The first-order valence-corrected chi connectivity index (χ1v) is 12.2. The molecule has 0 aliphatic carbocycles. The van der Waals surface area contributed by atoms with Crippen LogP contribution < -0.4 is 5.32 Å². The van der Waals surface area contributed by atoms with E-state index < -0.39 is 6.04 Å². The molecule has 178 valence electrons. The van der Waals surface area contributed by atoms with Crippen molar-refractivity contribution in [3.63, 3.8) is 0 Å². The second kappa shape index (κ2) is 12.6. The maximum atomic E-state index is 13.7. The maximum absolute atomic E-state index is 13.7. The molecular formula is C28H30Cl2N2O2. The molecule has 2 amide bonds. The Morgan fingerprint density at radius 1 is 0.824 bits per heavy atom. The molecular weight excluding hydrogens is 467 g/mol. The highest BCUT2D eigenvalue weighted by molar-refractivity contribution is 6.36. The summed E-state index contributed by atoms with van der Waals surface area (Å²) >= 11 is 12.9. The third-order valence-corrected chi connectivity index (χ3v) is 6.25. The number of carbonyl (C=O) groups excluding carboxylic acids is 2. The average molecular weight is 497 g/mol. The molecule has 0 aliphatic rings. The predicted octanol–water partition coefficient (Wildman–Crippen LogP) is 5.95. The Labute approximate surface area is 211 Å². The Hall–Kier alpha value is -2.82. The third-order valence-electron chi connectivity index (χ3n) is 5.54. The van der Waals surface area contributed by atoms with E-state index in [-0.39, 0.29) is 30.7 Å². The van der Waals surface area contributed by atoms with E-state index in [0.717, 1.165) is 11.1 Å². The lowest BCUT2D eigenvalue weighted by molar-refractivity contribution is -0.140. The number of carbonyl (C=O) groups is 2. The summed E-state index contributed by atoms with van der Waals surface area (Å²) in [7, 11) is 0. The highest BCUT2D eigenvalue weighted by Crippen LogP contribution is 2.27. The second-order valence-corrected chi connectivity index (χ2v) is 9.54. The molecule has 1 atom stereocenters. The van der Waals surface area contributed by atoms with Crippen LogP contribution in [0.25, 0.3) is 0 Å². The van der Waals surface area contributed by atoms with Gasteiger partial charge in [-0.15, -0.1) is 0 Å². The molecule has 4 nitrogen and oxygen atoms in total. The summed E-state index contributed by atoms with van der Waals surface area (Å²) in [5.74, 6) is -0.0715. The van der Waals surface area contributed by atoms with E-state index in [1.54, 1.807) is 23.1 Å². The fourth-order valence-corrected chi connectivity index (χ4v) is 4.22. The van der Waals surface area contributed by atoms with Gasteiger partial charge in [0, 0.05) is 35.1 Å². The lowest BCUT2D eigenvalue weighted by Gasteiger charge is -2.32. The van der Waals surface area contributed by atoms with E-state index in [0.29, 0.717) is 28.6 Å². The lowest BCUT2D eigenvalue weighted by atomic mass is 10.0. The van der Waals surface area contributed by atoms with Crippen LogP contribution in [0.1, 0.15) is 30.5 Å². The van der Waals surface area contributed by atoms with E-state index in [1.807, 2.05) is 74.5 Å². The number of hydrogen-bond donors (Lipinski definition) is 1. The number of hydrogen-bond acceptors (Lipinski definition) is 2. The molecule has 0 radical (unpaired) electrons. The lowest BCUT2D eigenvalue weighted by Crippen LogP contribution is -2.51. The van der Waals surface area contributed by atoms with Crippen LogP contribution in [0, 0.1) is 5.92 Å². The number of benzene rings is 3. The molecule has 0 spiro atoms. The fraction of sp³-hybridized carbons (Fsp3) is 0.286. The zero-order valence-electron chi connectivity index (χ0n) is 19.5. The molecule has 34 heavy (non-hydrogen) atoms. The predicted molar refractivity (Wildman–Crippen MR) is 139 cm³/mol. The van der Waals surface area contributed by atoms with Crippen LogP contribution in [0.2, 0.25) is 10.0 Å². The van der Waals surface area contributed by atoms with Gasteiger partial charge < -0.3 is 10.2 Å². The van der Waals surface area contributed by atoms with E-state index in [9.17, 15) is 9.59 Å². The van der Waals surface area contributed by atoms with E-state index in [2.05, 4.69) is 5.32 Å². The highest BCUT2D eigenvalue weighted by Gasteiger charge is 2.31. The highest BCUT2D eigenvalue weighted by atomic mass is 35.5. The number of nitrogens with one attached hydrogen (secondary N) is 1. The molecule has 0 aromatic heterocycles. The molecule has 6 heteroatoms. The van der Waals surface area contributed by atoms with Gasteiger partial charge >= 0.3 is 0 Å². The summed E-state index contributed by atoms with van der Waals surface area (Å²) in [6.07, 6.45) is 0.555. The monoisotopic (exact) mass is 496 g/mol. The van der Waals surface area contributed by atoms with Gasteiger partial charge in [-0.2, -0.15) is 0 Å². The first kappa shape index (κ1) is 25.8. The van der Waals surface area contributed by atoms with Crippen molar-refractivity contribution in [2.45, 2.75) is 39.3 Å². The molecule has 0 bridgehead atoms. The van der Waals surface area contributed by atoms with E-state index >= 15 is 0 Å². The zero-order valence-corrected chi connectivity index (χ0v) is 21.0. The van der Waals surface area contributed by atoms with Crippen molar-refractivity contribution in [1.82, 2.24) is 10.2 Å². The number of halogens is 2. The van der Waals surface area contributed by atoms with Gasteiger partial charge in [-0.3, -0.25) is 9.59 Å². The van der Waals surface area contributed by atoms with Crippen LogP contribution in [-0.4, -0.2) is 29.3 Å². The third kappa shape index (κ3) is 7.34. The average Bonchev–Trinajstić information content (AvgIpc) is 2.82. The quantitative estimate of drug-likeness (QED) is 0.377. The molecule has 0 saturated heterocycles. The van der Waals surface area contributed by atoms with E-state index in [4.69, 9.17) is 23.2 Å². The van der Waals surface area contributed by atoms with Gasteiger partial charge in [-0.05, 0) is 29.2 Å². The van der Waals surface area contributed by atoms with Crippen LogP contribution in [0.3, 0.4) is 0 Å². The second-order valence-electron chi connectivity index (χ2n) is 8.73. The zero-order chi connectivity index (χ0) is 24.5. The van der Waals surface area contributed by atoms with Crippen molar-refractivity contribution in [3.8, 4) is 0 Å². The minimum absolute atomic E-state index is 0.136. The molecule has 3 aromatic rings. The molecule has 0 aliphatic heterocycles.